The second-order valence-corrected chi connectivity index (χ2v) is 4.98. The van der Waals surface area contributed by atoms with Crippen LogP contribution in [-0.4, -0.2) is 6.61 Å². The van der Waals surface area contributed by atoms with Crippen molar-refractivity contribution in [2.45, 2.75) is 12.5 Å². The van der Waals surface area contributed by atoms with Gasteiger partial charge >= 0.3 is 0 Å². The van der Waals surface area contributed by atoms with Crippen LogP contribution in [0.2, 0.25) is 0 Å². The zero-order valence-electron chi connectivity index (χ0n) is 11.5. The number of rotatable bonds is 4. The Morgan fingerprint density at radius 2 is 1.65 bits per heavy atom. The third-order valence-corrected chi connectivity index (χ3v) is 3.65. The molecule has 0 N–H and O–H groups in total. The average molecular weight is 262 g/mol. The molecule has 100 valence electrons. The molecule has 0 aliphatic carbocycles. The Morgan fingerprint density at radius 1 is 1.00 bits per heavy atom. The van der Waals surface area contributed by atoms with E-state index in [0.29, 0.717) is 6.61 Å². The van der Waals surface area contributed by atoms with Gasteiger partial charge in [-0.2, -0.15) is 0 Å². The first-order valence-electron chi connectivity index (χ1n) is 6.95. The lowest BCUT2D eigenvalue weighted by Gasteiger charge is -2.16. The van der Waals surface area contributed by atoms with Gasteiger partial charge in [0.2, 0.25) is 0 Å². The number of allylic oxidation sites excluding steroid dienone is 1. The van der Waals surface area contributed by atoms with E-state index in [1.165, 1.54) is 22.3 Å². The molecule has 0 amide bonds. The van der Waals surface area contributed by atoms with Crippen molar-refractivity contribution >= 4 is 5.57 Å². The zero-order valence-corrected chi connectivity index (χ0v) is 11.5. The van der Waals surface area contributed by atoms with Crippen molar-refractivity contribution < 1.29 is 4.74 Å². The van der Waals surface area contributed by atoms with E-state index in [1.54, 1.807) is 0 Å². The number of benzene rings is 2. The predicted molar refractivity (Wildman–Crippen MR) is 83.3 cm³/mol. The lowest BCUT2D eigenvalue weighted by molar-refractivity contribution is 0.130. The Morgan fingerprint density at radius 3 is 2.30 bits per heavy atom. The van der Waals surface area contributed by atoms with Crippen LogP contribution in [0.15, 0.2) is 78.9 Å². The van der Waals surface area contributed by atoms with Gasteiger partial charge < -0.3 is 4.74 Å². The molecular weight excluding hydrogens is 244 g/mol. The quantitative estimate of drug-likeness (QED) is 0.720. The van der Waals surface area contributed by atoms with E-state index >= 15 is 0 Å². The maximum Gasteiger partial charge on any atom is 0.109 e. The van der Waals surface area contributed by atoms with Crippen LogP contribution in [0.25, 0.3) is 5.57 Å². The maximum absolute atomic E-state index is 6.05. The molecule has 1 nitrogen and oxygen atoms in total. The van der Waals surface area contributed by atoms with E-state index in [9.17, 15) is 0 Å². The summed E-state index contributed by atoms with van der Waals surface area (Å²) in [6.07, 6.45) is 2.87. The van der Waals surface area contributed by atoms with Gasteiger partial charge in [0, 0.05) is 0 Å². The van der Waals surface area contributed by atoms with Gasteiger partial charge in [0.25, 0.3) is 0 Å². The van der Waals surface area contributed by atoms with Crippen molar-refractivity contribution in [1.29, 1.82) is 0 Å². The van der Waals surface area contributed by atoms with Crippen LogP contribution in [0, 0.1) is 0 Å². The topological polar surface area (TPSA) is 9.23 Å². The molecule has 2 aromatic rings. The van der Waals surface area contributed by atoms with Gasteiger partial charge in [-0.1, -0.05) is 66.7 Å². The average Bonchev–Trinajstić information content (AvgIpc) is 2.93. The number of hydrogen-bond acceptors (Lipinski definition) is 1. The first-order chi connectivity index (χ1) is 9.90. The molecule has 0 bridgehead atoms. The summed E-state index contributed by atoms with van der Waals surface area (Å²) >= 11 is 0. The van der Waals surface area contributed by atoms with Crippen LogP contribution >= 0.6 is 0 Å². The summed E-state index contributed by atoms with van der Waals surface area (Å²) in [5.41, 5.74) is 5.10. The van der Waals surface area contributed by atoms with Crippen molar-refractivity contribution in [1.82, 2.24) is 0 Å². The molecule has 3 rings (SSSR count). The molecule has 1 aliphatic rings. The van der Waals surface area contributed by atoms with Crippen LogP contribution in [0.5, 0.6) is 0 Å². The zero-order chi connectivity index (χ0) is 13.8. The smallest absolute Gasteiger partial charge is 0.109 e. The molecule has 1 heteroatoms. The van der Waals surface area contributed by atoms with Crippen molar-refractivity contribution in [3.8, 4) is 0 Å². The van der Waals surface area contributed by atoms with Crippen LogP contribution in [0.3, 0.4) is 0 Å². The minimum absolute atomic E-state index is 0.0357. The lowest BCUT2D eigenvalue weighted by Crippen LogP contribution is -2.00. The largest absolute Gasteiger partial charge is 0.364 e. The summed E-state index contributed by atoms with van der Waals surface area (Å²) in [5, 5.41) is 0. The van der Waals surface area contributed by atoms with E-state index in [2.05, 4.69) is 55.1 Å². The summed E-state index contributed by atoms with van der Waals surface area (Å²) in [7, 11) is 0. The Labute approximate surface area is 120 Å². The summed E-state index contributed by atoms with van der Waals surface area (Å²) in [4.78, 5) is 0. The van der Waals surface area contributed by atoms with Gasteiger partial charge in [-0.15, -0.1) is 6.58 Å². The van der Waals surface area contributed by atoms with Crippen LogP contribution in [-0.2, 0) is 4.74 Å². The maximum atomic E-state index is 6.05. The van der Waals surface area contributed by atoms with E-state index in [-0.39, 0.29) is 6.10 Å². The van der Waals surface area contributed by atoms with Gasteiger partial charge in [-0.25, -0.2) is 0 Å². The minimum Gasteiger partial charge on any atom is -0.364 e. The summed E-state index contributed by atoms with van der Waals surface area (Å²) < 4.78 is 6.05. The molecule has 1 atom stereocenters. The van der Waals surface area contributed by atoms with E-state index in [1.807, 2.05) is 18.2 Å². The molecule has 0 fully saturated rings. The monoisotopic (exact) mass is 262 g/mol. The van der Waals surface area contributed by atoms with Crippen LogP contribution < -0.4 is 0 Å². The fraction of sp³-hybridized carbons (Fsp3) is 0.158. The van der Waals surface area contributed by atoms with E-state index in [0.717, 1.165) is 6.42 Å². The van der Waals surface area contributed by atoms with Crippen molar-refractivity contribution in [2.24, 2.45) is 0 Å². The Kier molecular flexibility index (Phi) is 3.80. The molecule has 0 spiro atoms. The molecule has 20 heavy (non-hydrogen) atoms. The van der Waals surface area contributed by atoms with Crippen LogP contribution in [0.4, 0.5) is 0 Å². The number of hydrogen-bond donors (Lipinski definition) is 0. The lowest BCUT2D eigenvalue weighted by atomic mass is 9.92. The third-order valence-electron chi connectivity index (χ3n) is 3.65. The second-order valence-electron chi connectivity index (χ2n) is 4.98. The molecule has 0 radical (unpaired) electrons. The molecule has 1 heterocycles. The molecule has 0 saturated carbocycles. The van der Waals surface area contributed by atoms with Gasteiger partial charge in [0.05, 0.1) is 6.61 Å². The van der Waals surface area contributed by atoms with Gasteiger partial charge in [0.1, 0.15) is 6.10 Å². The van der Waals surface area contributed by atoms with E-state index in [4.69, 9.17) is 4.74 Å². The van der Waals surface area contributed by atoms with Gasteiger partial charge in [0.15, 0.2) is 0 Å². The third kappa shape index (κ3) is 2.45. The first-order valence-corrected chi connectivity index (χ1v) is 6.95. The van der Waals surface area contributed by atoms with Gasteiger partial charge in [-0.3, -0.25) is 0 Å². The van der Waals surface area contributed by atoms with Gasteiger partial charge in [-0.05, 0) is 28.7 Å². The van der Waals surface area contributed by atoms with Crippen molar-refractivity contribution in [2.75, 3.05) is 6.61 Å². The predicted octanol–water partition coefficient (Wildman–Crippen LogP) is 4.79. The minimum atomic E-state index is 0.0357. The molecule has 1 aliphatic heterocycles. The molecule has 1 unspecified atom stereocenters. The highest BCUT2D eigenvalue weighted by molar-refractivity contribution is 5.75. The fourth-order valence-corrected chi connectivity index (χ4v) is 2.74. The molecule has 2 aromatic carbocycles. The number of ether oxygens (including phenoxy) is 1. The normalized spacial score (nSPS) is 18.3. The second kappa shape index (κ2) is 5.89. The van der Waals surface area contributed by atoms with Crippen LogP contribution in [0.1, 0.15) is 23.7 Å². The Bertz CT molecular complexity index is 611. The Hall–Kier alpha value is -2.12. The van der Waals surface area contributed by atoms with Crippen molar-refractivity contribution in [3.05, 3.63) is 90.0 Å². The molecular formula is C19H18O. The standard InChI is InChI=1S/C19H18O/c1-2-9-17-14-20-19(16-12-7-4-8-13-16)18(17)15-10-5-3-6-11-15/h2-8,10-13,19H,1,9,14H2. The highest BCUT2D eigenvalue weighted by atomic mass is 16.5. The first kappa shape index (κ1) is 12.9. The summed E-state index contributed by atoms with van der Waals surface area (Å²) in [5.74, 6) is 0. The Balaban J connectivity index is 2.06. The summed E-state index contributed by atoms with van der Waals surface area (Å²) in [6.45, 7) is 4.55. The highest BCUT2D eigenvalue weighted by Crippen LogP contribution is 2.41. The van der Waals surface area contributed by atoms with E-state index < -0.39 is 0 Å². The summed E-state index contributed by atoms with van der Waals surface area (Å²) in [6, 6.07) is 20.9. The highest BCUT2D eigenvalue weighted by Gasteiger charge is 2.27. The fourth-order valence-electron chi connectivity index (χ4n) is 2.74. The SMILES string of the molecule is C=CCC1=C(c2ccccc2)C(c2ccccc2)OC1. The van der Waals surface area contributed by atoms with Crippen molar-refractivity contribution in [3.63, 3.8) is 0 Å². The molecule has 0 aromatic heterocycles. The molecule has 0 saturated heterocycles.